The number of carbonyl (C=O) groups is 1. The third-order valence-electron chi connectivity index (χ3n) is 8.80. The number of benzene rings is 1. The third-order valence-corrected chi connectivity index (χ3v) is 11.3. The highest BCUT2D eigenvalue weighted by molar-refractivity contribution is 7.47. The second-order valence-corrected chi connectivity index (χ2v) is 18.9. The standard InChI is InChI=1S/C33H61NO22P4/c1-2-3-4-5-10-16-21-50-26(23-49-20-15-9-7-6-8-14-19-34-33(37)51-22-25-17-12-11-13-18-25)24-52-60(47,48)56-29-27(35)30(53-57(38,39)40)32(55-59(44,45)46)31(28(29)36)54-58(41,42)43/h11-13,17-18,26-32,35-36H,2-10,14-16,19-24H2,1H3,(H,34,37)(H,47,48)(H2,38,39,40)(H2,41,42,43)(H2,44,45,46)/t26-,27-,28-,29?,30-,31+,32?/m0/s1. The molecule has 0 aromatic heterocycles. The molecule has 1 aliphatic rings. The van der Waals surface area contributed by atoms with Gasteiger partial charge in [-0.05, 0) is 24.8 Å². The fraction of sp³-hybridized carbons (Fsp3) is 0.788. The molecule has 1 amide bonds. The minimum Gasteiger partial charge on any atom is -0.445 e. The number of aliphatic hydroxyl groups is 2. The molecule has 2 rings (SSSR count). The van der Waals surface area contributed by atoms with E-state index in [4.69, 9.17) is 23.3 Å². The minimum atomic E-state index is -5.73. The maximum Gasteiger partial charge on any atom is 0.472 e. The Hall–Kier alpha value is -1.23. The molecular formula is C33H61NO22P4. The van der Waals surface area contributed by atoms with E-state index in [2.05, 4.69) is 25.8 Å². The molecule has 8 atom stereocenters. The van der Waals surface area contributed by atoms with E-state index in [0.29, 0.717) is 26.0 Å². The predicted octanol–water partition coefficient (Wildman–Crippen LogP) is 3.69. The molecule has 1 saturated carbocycles. The van der Waals surface area contributed by atoms with E-state index in [1.54, 1.807) is 0 Å². The lowest BCUT2D eigenvalue weighted by molar-refractivity contribution is -0.209. The van der Waals surface area contributed by atoms with Crippen molar-refractivity contribution in [2.45, 2.75) is 133 Å². The third kappa shape index (κ3) is 24.6. The van der Waals surface area contributed by atoms with E-state index < -0.39 is 86.7 Å². The van der Waals surface area contributed by atoms with Gasteiger partial charge < -0.3 is 64.0 Å². The highest BCUT2D eigenvalue weighted by atomic mass is 31.2. The van der Waals surface area contributed by atoms with Crippen molar-refractivity contribution in [2.24, 2.45) is 0 Å². The zero-order chi connectivity index (χ0) is 44.8. The number of unbranched alkanes of at least 4 members (excludes halogenated alkanes) is 10. The van der Waals surface area contributed by atoms with Gasteiger partial charge in [0, 0.05) is 19.8 Å². The number of alkyl carbamates (subject to hydrolysis) is 1. The van der Waals surface area contributed by atoms with Crippen molar-refractivity contribution in [3.05, 3.63) is 35.9 Å². The van der Waals surface area contributed by atoms with Gasteiger partial charge in [-0.1, -0.05) is 95.0 Å². The SMILES string of the molecule is CCCCCCCCO[C@@H](COCCCCCCCCNC(=O)OCc1ccccc1)COP(=O)(O)OC1[C@H](O)[C@H](OP(=O)(O)O)C(OP(=O)(O)O)[C@H](OP(=O)(O)O)[C@H]1O. The summed E-state index contributed by atoms with van der Waals surface area (Å²) in [6.07, 6.45) is -6.74. The summed E-state index contributed by atoms with van der Waals surface area (Å²) in [5, 5.41) is 24.4. The van der Waals surface area contributed by atoms with Gasteiger partial charge in [0.05, 0.1) is 13.2 Å². The van der Waals surface area contributed by atoms with Crippen LogP contribution in [0.25, 0.3) is 0 Å². The summed E-state index contributed by atoms with van der Waals surface area (Å²) >= 11 is 0. The lowest BCUT2D eigenvalue weighted by atomic mass is 9.85. The molecule has 350 valence electrons. The van der Waals surface area contributed by atoms with Crippen LogP contribution < -0.4 is 5.32 Å². The molecule has 27 heteroatoms. The first-order chi connectivity index (χ1) is 28.1. The van der Waals surface area contributed by atoms with E-state index in [9.17, 15) is 67.5 Å². The normalized spacial score (nSPS) is 22.9. The predicted molar refractivity (Wildman–Crippen MR) is 210 cm³/mol. The number of phosphoric acid groups is 4. The van der Waals surface area contributed by atoms with Crippen LogP contribution in [0.5, 0.6) is 0 Å². The smallest absolute Gasteiger partial charge is 0.445 e. The van der Waals surface area contributed by atoms with Crippen LogP contribution in [0.4, 0.5) is 4.79 Å². The molecule has 1 aliphatic carbocycles. The zero-order valence-corrected chi connectivity index (χ0v) is 36.9. The Morgan fingerprint density at radius 3 is 1.68 bits per heavy atom. The Balaban J connectivity index is 1.93. The summed E-state index contributed by atoms with van der Waals surface area (Å²) in [5.74, 6) is 0. The van der Waals surface area contributed by atoms with Gasteiger partial charge in [-0.15, -0.1) is 0 Å². The molecule has 3 unspecified atom stereocenters. The van der Waals surface area contributed by atoms with Gasteiger partial charge in [0.15, 0.2) is 0 Å². The van der Waals surface area contributed by atoms with Crippen LogP contribution in [-0.2, 0) is 61.7 Å². The Bertz CT molecular complexity index is 1510. The first kappa shape index (κ1) is 54.9. The van der Waals surface area contributed by atoms with E-state index in [1.807, 2.05) is 30.3 Å². The lowest BCUT2D eigenvalue weighted by Crippen LogP contribution is -2.65. The average molecular weight is 948 g/mol. The fourth-order valence-corrected chi connectivity index (χ4v) is 8.62. The summed E-state index contributed by atoms with van der Waals surface area (Å²) in [7, 11) is -22.6. The number of rotatable bonds is 32. The van der Waals surface area contributed by atoms with E-state index in [1.165, 1.54) is 0 Å². The average Bonchev–Trinajstić information content (AvgIpc) is 3.15. The summed E-state index contributed by atoms with van der Waals surface area (Å²) in [6.45, 7) is 2.53. The summed E-state index contributed by atoms with van der Waals surface area (Å²) in [5.41, 5.74) is 0.893. The number of hydrogen-bond donors (Lipinski definition) is 10. The summed E-state index contributed by atoms with van der Waals surface area (Å²) < 4.78 is 87.9. The van der Waals surface area contributed by atoms with Gasteiger partial charge in [-0.2, -0.15) is 0 Å². The molecule has 1 aromatic carbocycles. The maximum atomic E-state index is 13.1. The van der Waals surface area contributed by atoms with Gasteiger partial charge in [0.25, 0.3) is 0 Å². The molecular weight excluding hydrogens is 886 g/mol. The molecule has 0 saturated heterocycles. The van der Waals surface area contributed by atoms with Crippen LogP contribution in [0.2, 0.25) is 0 Å². The molecule has 0 heterocycles. The van der Waals surface area contributed by atoms with Crippen molar-refractivity contribution in [3.63, 3.8) is 0 Å². The van der Waals surface area contributed by atoms with Crippen LogP contribution in [0, 0.1) is 0 Å². The number of carbonyl (C=O) groups excluding carboxylic acids is 1. The highest BCUT2D eigenvalue weighted by Crippen LogP contribution is 2.53. The topological polar surface area (TPSA) is 353 Å². The van der Waals surface area contributed by atoms with Crippen molar-refractivity contribution in [2.75, 3.05) is 33.0 Å². The molecule has 0 aliphatic heterocycles. The van der Waals surface area contributed by atoms with Crippen LogP contribution in [-0.4, -0.2) is 126 Å². The molecule has 10 N–H and O–H groups in total. The molecule has 0 bridgehead atoms. The van der Waals surface area contributed by atoms with Crippen molar-refractivity contribution in [1.82, 2.24) is 5.32 Å². The van der Waals surface area contributed by atoms with E-state index >= 15 is 0 Å². The number of phosphoric ester groups is 4. The van der Waals surface area contributed by atoms with Crippen molar-refractivity contribution < 1.29 is 104 Å². The quantitative estimate of drug-likeness (QED) is 0.0364. The van der Waals surface area contributed by atoms with Crippen LogP contribution in [0.3, 0.4) is 0 Å². The number of nitrogens with one attached hydrogen (secondary N) is 1. The largest absolute Gasteiger partial charge is 0.472 e. The van der Waals surface area contributed by atoms with Gasteiger partial charge >= 0.3 is 37.4 Å². The first-order valence-electron chi connectivity index (χ1n) is 19.5. The summed E-state index contributed by atoms with van der Waals surface area (Å²) in [6, 6.07) is 9.33. The van der Waals surface area contributed by atoms with E-state index in [-0.39, 0.29) is 19.8 Å². The Labute approximate surface area is 348 Å². The summed E-state index contributed by atoms with van der Waals surface area (Å²) in [4.78, 5) is 78.7. The van der Waals surface area contributed by atoms with Crippen molar-refractivity contribution >= 4 is 37.4 Å². The second-order valence-electron chi connectivity index (χ2n) is 13.9. The molecule has 60 heavy (non-hydrogen) atoms. The number of ether oxygens (including phenoxy) is 3. The Morgan fingerprint density at radius 2 is 1.13 bits per heavy atom. The van der Waals surface area contributed by atoms with Gasteiger partial charge in [-0.3, -0.25) is 22.6 Å². The van der Waals surface area contributed by atoms with Crippen LogP contribution in [0.1, 0.15) is 89.5 Å². The number of hydrogen-bond acceptors (Lipinski definition) is 15. The number of amides is 1. The molecule has 0 spiro atoms. The Kier molecular flexibility index (Phi) is 25.5. The van der Waals surface area contributed by atoms with Crippen molar-refractivity contribution in [3.8, 4) is 0 Å². The molecule has 1 aromatic rings. The molecule has 0 radical (unpaired) electrons. The molecule has 1 fully saturated rings. The van der Waals surface area contributed by atoms with Gasteiger partial charge in [0.2, 0.25) is 0 Å². The van der Waals surface area contributed by atoms with Crippen molar-refractivity contribution in [1.29, 1.82) is 0 Å². The monoisotopic (exact) mass is 947 g/mol. The fourth-order valence-electron chi connectivity index (χ4n) is 5.97. The minimum absolute atomic E-state index is 0.103. The lowest BCUT2D eigenvalue weighted by Gasteiger charge is -2.45. The molecule has 23 nitrogen and oxygen atoms in total. The first-order valence-corrected chi connectivity index (χ1v) is 25.6. The highest BCUT2D eigenvalue weighted by Gasteiger charge is 2.59. The van der Waals surface area contributed by atoms with Crippen LogP contribution in [0.15, 0.2) is 30.3 Å². The maximum absolute atomic E-state index is 13.1. The van der Waals surface area contributed by atoms with E-state index in [0.717, 1.165) is 69.8 Å². The van der Waals surface area contributed by atoms with Gasteiger partial charge in [-0.25, -0.2) is 23.1 Å². The zero-order valence-electron chi connectivity index (χ0n) is 33.3. The number of aliphatic hydroxyl groups excluding tert-OH is 2. The van der Waals surface area contributed by atoms with Crippen LogP contribution >= 0.6 is 31.3 Å². The second kappa shape index (κ2) is 27.8. The Morgan fingerprint density at radius 1 is 0.633 bits per heavy atom. The van der Waals surface area contributed by atoms with Gasteiger partial charge in [0.1, 0.15) is 49.3 Å².